The van der Waals surface area contributed by atoms with Gasteiger partial charge in [-0.1, -0.05) is 0 Å². The molecule has 1 aliphatic rings. The molecule has 2 N–H and O–H groups in total. The lowest BCUT2D eigenvalue weighted by Gasteiger charge is -2.18. The molecule has 0 bridgehead atoms. The lowest BCUT2D eigenvalue weighted by atomic mass is 10.1. The maximum atomic E-state index is 12.6. The Morgan fingerprint density at radius 3 is 2.79 bits per heavy atom. The lowest BCUT2D eigenvalue weighted by molar-refractivity contribution is -0.164. The Hall–Kier alpha value is -0.750. The van der Waals surface area contributed by atoms with Crippen molar-refractivity contribution in [3.05, 3.63) is 0 Å². The molecule has 82 valence electrons. The summed E-state index contributed by atoms with van der Waals surface area (Å²) >= 11 is 0. The van der Waals surface area contributed by atoms with Crippen LogP contribution in [0.1, 0.15) is 13.3 Å². The predicted octanol–water partition coefficient (Wildman–Crippen LogP) is 0.473. The molecule has 1 fully saturated rings. The smallest absolute Gasteiger partial charge is 0.375 e. The van der Waals surface area contributed by atoms with Crippen LogP contribution >= 0.6 is 0 Å². The van der Waals surface area contributed by atoms with Crippen LogP contribution in [-0.2, 0) is 9.53 Å². The largest absolute Gasteiger partial charge is 0.477 e. The van der Waals surface area contributed by atoms with E-state index in [0.29, 0.717) is 13.0 Å². The zero-order chi connectivity index (χ0) is 10.8. The Morgan fingerprint density at radius 2 is 2.36 bits per heavy atom. The summed E-state index contributed by atoms with van der Waals surface area (Å²) in [6.45, 7) is 1.45. The number of hydrogen-bond donors (Lipinski definition) is 2. The van der Waals surface area contributed by atoms with Crippen molar-refractivity contribution >= 4 is 5.97 Å². The zero-order valence-corrected chi connectivity index (χ0v) is 7.80. The van der Waals surface area contributed by atoms with Gasteiger partial charge >= 0.3 is 11.9 Å². The summed E-state index contributed by atoms with van der Waals surface area (Å²) in [6.07, 6.45) is 0.497. The molecule has 14 heavy (non-hydrogen) atoms. The Balaban J connectivity index is 2.36. The summed E-state index contributed by atoms with van der Waals surface area (Å²) < 4.78 is 30.4. The number of ether oxygens (including phenoxy) is 1. The molecule has 0 amide bonds. The van der Waals surface area contributed by atoms with Crippen LogP contribution in [0.25, 0.3) is 0 Å². The van der Waals surface area contributed by atoms with Gasteiger partial charge in [-0.25, -0.2) is 4.79 Å². The fraction of sp³-hybridized carbons (Fsp3) is 0.875. The molecule has 2 atom stereocenters. The van der Waals surface area contributed by atoms with Crippen LogP contribution in [-0.4, -0.2) is 42.3 Å². The van der Waals surface area contributed by atoms with E-state index in [-0.39, 0.29) is 12.1 Å². The maximum Gasteiger partial charge on any atom is 0.375 e. The quantitative estimate of drug-likeness (QED) is 0.706. The molecule has 6 heteroatoms. The van der Waals surface area contributed by atoms with Gasteiger partial charge in [0.05, 0.1) is 12.6 Å². The number of aliphatic carboxylic acids is 1. The highest BCUT2D eigenvalue weighted by atomic mass is 19.3. The molecular formula is C8H13F2NO3. The number of carboxylic acid groups (broad SMARTS) is 1. The van der Waals surface area contributed by atoms with E-state index in [1.807, 2.05) is 0 Å². The van der Waals surface area contributed by atoms with Crippen LogP contribution < -0.4 is 5.32 Å². The van der Waals surface area contributed by atoms with E-state index in [1.165, 1.54) is 0 Å². The van der Waals surface area contributed by atoms with Crippen molar-refractivity contribution in [3.63, 3.8) is 0 Å². The van der Waals surface area contributed by atoms with Gasteiger partial charge in [-0.15, -0.1) is 0 Å². The first-order valence-electron chi connectivity index (χ1n) is 4.39. The summed E-state index contributed by atoms with van der Waals surface area (Å²) in [6, 6.07) is -0.180. The molecule has 1 rings (SSSR count). The van der Waals surface area contributed by atoms with E-state index in [4.69, 9.17) is 9.84 Å². The molecule has 2 unspecified atom stereocenters. The summed E-state index contributed by atoms with van der Waals surface area (Å²) in [5, 5.41) is 10.7. The Bertz CT molecular complexity index is 223. The topological polar surface area (TPSA) is 58.6 Å². The van der Waals surface area contributed by atoms with Crippen LogP contribution in [0.3, 0.4) is 0 Å². The van der Waals surface area contributed by atoms with Crippen LogP contribution in [0.5, 0.6) is 0 Å². The van der Waals surface area contributed by atoms with Gasteiger partial charge in [-0.05, 0) is 13.3 Å². The van der Waals surface area contributed by atoms with E-state index in [2.05, 4.69) is 5.32 Å². The summed E-state index contributed by atoms with van der Waals surface area (Å²) in [7, 11) is 0. The normalized spacial score (nSPS) is 27.9. The van der Waals surface area contributed by atoms with Gasteiger partial charge in [-0.2, -0.15) is 8.78 Å². The average Bonchev–Trinajstić information content (AvgIpc) is 2.47. The van der Waals surface area contributed by atoms with Crippen molar-refractivity contribution in [3.8, 4) is 0 Å². The molecule has 4 nitrogen and oxygen atoms in total. The van der Waals surface area contributed by atoms with Gasteiger partial charge in [0.25, 0.3) is 0 Å². The average molecular weight is 209 g/mol. The molecule has 0 aromatic carbocycles. The molecule has 1 aliphatic heterocycles. The summed E-state index contributed by atoms with van der Waals surface area (Å²) in [5.74, 6) is -5.81. The minimum atomic E-state index is -3.71. The zero-order valence-electron chi connectivity index (χ0n) is 7.80. The standard InChI is InChI=1S/C8H13F2NO3/c1-5-6(2-3-14-5)11-4-8(9,10)7(12)13/h5-6,11H,2-4H2,1H3,(H,12,13). The maximum absolute atomic E-state index is 12.6. The highest BCUT2D eigenvalue weighted by Gasteiger charge is 2.39. The lowest BCUT2D eigenvalue weighted by Crippen LogP contribution is -2.45. The van der Waals surface area contributed by atoms with Gasteiger partial charge < -0.3 is 15.2 Å². The molecule has 0 aromatic rings. The second-order valence-electron chi connectivity index (χ2n) is 3.36. The number of rotatable bonds is 4. The molecule has 0 spiro atoms. The van der Waals surface area contributed by atoms with Gasteiger partial charge in [0.1, 0.15) is 0 Å². The first-order chi connectivity index (χ1) is 6.43. The molecular weight excluding hydrogens is 196 g/mol. The first-order valence-corrected chi connectivity index (χ1v) is 4.39. The van der Waals surface area contributed by atoms with E-state index in [9.17, 15) is 13.6 Å². The van der Waals surface area contributed by atoms with Crippen LogP contribution in [0.4, 0.5) is 8.78 Å². The molecule has 0 aliphatic carbocycles. The SMILES string of the molecule is CC1OCCC1NCC(F)(F)C(=O)O. The first kappa shape index (κ1) is 11.3. The third-order valence-electron chi connectivity index (χ3n) is 2.28. The van der Waals surface area contributed by atoms with E-state index < -0.39 is 18.4 Å². The van der Waals surface area contributed by atoms with Crippen LogP contribution in [0.2, 0.25) is 0 Å². The van der Waals surface area contributed by atoms with E-state index >= 15 is 0 Å². The monoisotopic (exact) mass is 209 g/mol. The van der Waals surface area contributed by atoms with Crippen molar-refractivity contribution in [2.45, 2.75) is 31.4 Å². The summed E-state index contributed by atoms with van der Waals surface area (Å²) in [5.41, 5.74) is 0. The summed E-state index contributed by atoms with van der Waals surface area (Å²) in [4.78, 5) is 10.1. The fourth-order valence-corrected chi connectivity index (χ4v) is 1.33. The molecule has 0 aromatic heterocycles. The van der Waals surface area contributed by atoms with Crippen molar-refractivity contribution in [2.24, 2.45) is 0 Å². The minimum Gasteiger partial charge on any atom is -0.477 e. The van der Waals surface area contributed by atoms with Gasteiger partial charge in [-0.3, -0.25) is 0 Å². The Morgan fingerprint density at radius 1 is 1.71 bits per heavy atom. The Labute approximate surface area is 80.2 Å². The van der Waals surface area contributed by atoms with Crippen molar-refractivity contribution < 1.29 is 23.4 Å². The number of carbonyl (C=O) groups is 1. The van der Waals surface area contributed by atoms with E-state index in [0.717, 1.165) is 0 Å². The number of carboxylic acids is 1. The number of alkyl halides is 2. The fourth-order valence-electron chi connectivity index (χ4n) is 1.33. The molecule has 1 heterocycles. The minimum absolute atomic E-state index is 0.139. The van der Waals surface area contributed by atoms with Crippen molar-refractivity contribution in [1.82, 2.24) is 5.32 Å². The molecule has 0 saturated carbocycles. The highest BCUT2D eigenvalue weighted by molar-refractivity contribution is 5.75. The molecule has 0 radical (unpaired) electrons. The number of hydrogen-bond acceptors (Lipinski definition) is 3. The third-order valence-corrected chi connectivity index (χ3v) is 2.28. The highest BCUT2D eigenvalue weighted by Crippen LogP contribution is 2.16. The van der Waals surface area contributed by atoms with Crippen molar-refractivity contribution in [2.75, 3.05) is 13.2 Å². The van der Waals surface area contributed by atoms with Gasteiger partial charge in [0, 0.05) is 12.6 Å². The third kappa shape index (κ3) is 2.62. The van der Waals surface area contributed by atoms with Gasteiger partial charge in [0.2, 0.25) is 0 Å². The van der Waals surface area contributed by atoms with Gasteiger partial charge in [0.15, 0.2) is 0 Å². The van der Waals surface area contributed by atoms with E-state index in [1.54, 1.807) is 6.92 Å². The van der Waals surface area contributed by atoms with Crippen LogP contribution in [0.15, 0.2) is 0 Å². The Kier molecular flexibility index (Phi) is 3.38. The number of nitrogens with one attached hydrogen (secondary N) is 1. The number of halogens is 2. The van der Waals surface area contributed by atoms with Crippen LogP contribution in [0, 0.1) is 0 Å². The second kappa shape index (κ2) is 4.18. The molecule has 1 saturated heterocycles. The predicted molar refractivity (Wildman–Crippen MR) is 44.4 cm³/mol. The van der Waals surface area contributed by atoms with Crippen molar-refractivity contribution in [1.29, 1.82) is 0 Å². The second-order valence-corrected chi connectivity index (χ2v) is 3.36.